The molecule has 1 amide bonds. The number of hydrogen-bond donors (Lipinski definition) is 2. The van der Waals surface area contributed by atoms with Crippen LogP contribution in [0.3, 0.4) is 0 Å². The molecule has 0 saturated heterocycles. The Kier molecular flexibility index (Phi) is 3.18. The van der Waals surface area contributed by atoms with Crippen molar-refractivity contribution in [3.8, 4) is 0 Å². The first-order valence-corrected chi connectivity index (χ1v) is 7.67. The lowest BCUT2D eigenvalue weighted by atomic mass is 9.64. The molecule has 0 spiro atoms. The van der Waals surface area contributed by atoms with E-state index in [-0.39, 0.29) is 11.3 Å². The van der Waals surface area contributed by atoms with Crippen LogP contribution in [0, 0.1) is 0 Å². The minimum atomic E-state index is -0.565. The molecule has 0 atom stereocenters. The Morgan fingerprint density at radius 1 is 1.21 bits per heavy atom. The molecule has 2 aliphatic rings. The summed E-state index contributed by atoms with van der Waals surface area (Å²) in [7, 11) is 0. The van der Waals surface area contributed by atoms with Crippen LogP contribution in [0.4, 0.5) is 0 Å². The van der Waals surface area contributed by atoms with Crippen LogP contribution in [0.15, 0.2) is 28.7 Å². The van der Waals surface area contributed by atoms with E-state index < -0.39 is 5.54 Å². The second-order valence-electron chi connectivity index (χ2n) is 5.98. The lowest BCUT2D eigenvalue weighted by molar-refractivity contribution is -0.123. The Morgan fingerprint density at radius 2 is 1.84 bits per heavy atom. The van der Waals surface area contributed by atoms with Crippen molar-refractivity contribution in [3.05, 3.63) is 34.3 Å². The molecule has 0 unspecified atom stereocenters. The maximum absolute atomic E-state index is 12.0. The summed E-state index contributed by atoms with van der Waals surface area (Å²) in [6.07, 6.45) is 5.17. The van der Waals surface area contributed by atoms with Crippen LogP contribution in [0.1, 0.15) is 37.7 Å². The first kappa shape index (κ1) is 13.1. The molecule has 0 bridgehead atoms. The van der Waals surface area contributed by atoms with Crippen molar-refractivity contribution >= 4 is 21.8 Å². The van der Waals surface area contributed by atoms with Crippen LogP contribution in [0.25, 0.3) is 0 Å². The van der Waals surface area contributed by atoms with Gasteiger partial charge in [0.2, 0.25) is 5.91 Å². The van der Waals surface area contributed by atoms with Gasteiger partial charge < -0.3 is 11.1 Å². The van der Waals surface area contributed by atoms with Crippen molar-refractivity contribution in [2.24, 2.45) is 5.73 Å². The fourth-order valence-electron chi connectivity index (χ4n) is 2.76. The topological polar surface area (TPSA) is 55.1 Å². The molecule has 0 heterocycles. The lowest BCUT2D eigenvalue weighted by Crippen LogP contribution is -2.50. The third-order valence-corrected chi connectivity index (χ3v) is 5.12. The predicted molar refractivity (Wildman–Crippen MR) is 78.8 cm³/mol. The van der Waals surface area contributed by atoms with Gasteiger partial charge in [-0.2, -0.15) is 0 Å². The van der Waals surface area contributed by atoms with E-state index in [4.69, 9.17) is 5.73 Å². The van der Waals surface area contributed by atoms with Gasteiger partial charge in [-0.05, 0) is 43.4 Å². The van der Waals surface area contributed by atoms with Crippen LogP contribution in [-0.4, -0.2) is 18.0 Å². The maximum Gasteiger partial charge on any atom is 0.240 e. The summed E-state index contributed by atoms with van der Waals surface area (Å²) in [5, 5.41) is 3.07. The van der Waals surface area contributed by atoms with Gasteiger partial charge in [0.1, 0.15) is 0 Å². The zero-order valence-electron chi connectivity index (χ0n) is 10.9. The predicted octanol–water partition coefficient (Wildman–Crippen LogP) is 2.48. The second-order valence-corrected chi connectivity index (χ2v) is 6.90. The molecular weight excluding hydrogens is 304 g/mol. The number of amides is 1. The zero-order chi connectivity index (χ0) is 13.5. The van der Waals surface area contributed by atoms with Crippen LogP contribution in [-0.2, 0) is 10.2 Å². The minimum Gasteiger partial charge on any atom is -0.354 e. The van der Waals surface area contributed by atoms with Crippen molar-refractivity contribution in [3.63, 3.8) is 0 Å². The highest BCUT2D eigenvalue weighted by molar-refractivity contribution is 9.10. The molecule has 1 aromatic rings. The average molecular weight is 323 g/mol. The Morgan fingerprint density at radius 3 is 2.32 bits per heavy atom. The fourth-order valence-corrected chi connectivity index (χ4v) is 3.03. The summed E-state index contributed by atoms with van der Waals surface area (Å²) >= 11 is 3.46. The highest BCUT2D eigenvalue weighted by Gasteiger charge is 2.47. The fraction of sp³-hybridized carbons (Fsp3) is 0.533. The van der Waals surface area contributed by atoms with Crippen molar-refractivity contribution in [1.29, 1.82) is 0 Å². The van der Waals surface area contributed by atoms with Gasteiger partial charge in [-0.1, -0.05) is 34.5 Å². The molecule has 3 rings (SSSR count). The standard InChI is InChI=1S/C15H19BrN2O/c16-12-4-2-11(3-5-12)14(6-1-7-14)10-18-13(19)15(17)8-9-15/h2-5H,1,6-10,17H2,(H,18,19). The van der Waals surface area contributed by atoms with E-state index in [1.165, 1.54) is 12.0 Å². The molecule has 19 heavy (non-hydrogen) atoms. The monoisotopic (exact) mass is 322 g/mol. The molecule has 0 radical (unpaired) electrons. The third-order valence-electron chi connectivity index (χ3n) is 4.60. The number of hydrogen-bond acceptors (Lipinski definition) is 2. The molecule has 0 aliphatic heterocycles. The van der Waals surface area contributed by atoms with Crippen LogP contribution >= 0.6 is 15.9 Å². The van der Waals surface area contributed by atoms with Gasteiger partial charge in [-0.15, -0.1) is 0 Å². The first-order valence-electron chi connectivity index (χ1n) is 6.87. The molecule has 4 heteroatoms. The van der Waals surface area contributed by atoms with Crippen molar-refractivity contribution < 1.29 is 4.79 Å². The summed E-state index contributed by atoms with van der Waals surface area (Å²) in [4.78, 5) is 12.0. The van der Waals surface area contributed by atoms with Crippen molar-refractivity contribution in [1.82, 2.24) is 5.32 Å². The molecule has 3 nitrogen and oxygen atoms in total. The van der Waals surface area contributed by atoms with E-state index in [1.807, 2.05) is 0 Å². The van der Waals surface area contributed by atoms with Crippen molar-refractivity contribution in [2.45, 2.75) is 43.1 Å². The first-order chi connectivity index (χ1) is 9.04. The van der Waals surface area contributed by atoms with Gasteiger partial charge in [0.15, 0.2) is 0 Å². The number of nitrogens with one attached hydrogen (secondary N) is 1. The van der Waals surface area contributed by atoms with Crippen LogP contribution < -0.4 is 11.1 Å². The largest absolute Gasteiger partial charge is 0.354 e. The van der Waals surface area contributed by atoms with Gasteiger partial charge in [0.25, 0.3) is 0 Å². The number of halogens is 1. The van der Waals surface area contributed by atoms with E-state index in [1.54, 1.807) is 0 Å². The smallest absolute Gasteiger partial charge is 0.240 e. The number of benzene rings is 1. The molecule has 3 N–H and O–H groups in total. The summed E-state index contributed by atoms with van der Waals surface area (Å²) in [5.41, 5.74) is 6.80. The summed E-state index contributed by atoms with van der Waals surface area (Å²) < 4.78 is 1.09. The third kappa shape index (κ3) is 2.43. The van der Waals surface area contributed by atoms with E-state index in [0.29, 0.717) is 6.54 Å². The van der Waals surface area contributed by atoms with Gasteiger partial charge in [-0.25, -0.2) is 0 Å². The van der Waals surface area contributed by atoms with Gasteiger partial charge in [-0.3, -0.25) is 4.79 Å². The zero-order valence-corrected chi connectivity index (χ0v) is 12.5. The van der Waals surface area contributed by atoms with Gasteiger partial charge in [0.05, 0.1) is 5.54 Å². The Labute approximate surface area is 122 Å². The summed E-state index contributed by atoms with van der Waals surface area (Å²) in [5.74, 6) is 0.0240. The summed E-state index contributed by atoms with van der Waals surface area (Å²) in [6, 6.07) is 8.46. The van der Waals surface area contributed by atoms with Crippen LogP contribution in [0.5, 0.6) is 0 Å². The molecule has 2 aliphatic carbocycles. The maximum atomic E-state index is 12.0. The quantitative estimate of drug-likeness (QED) is 0.894. The van der Waals surface area contributed by atoms with E-state index >= 15 is 0 Å². The van der Waals surface area contributed by atoms with Gasteiger partial charge in [0, 0.05) is 16.4 Å². The van der Waals surface area contributed by atoms with Crippen molar-refractivity contribution in [2.75, 3.05) is 6.54 Å². The molecule has 2 saturated carbocycles. The van der Waals surface area contributed by atoms with E-state index in [2.05, 4.69) is 45.5 Å². The SMILES string of the molecule is NC1(C(=O)NCC2(c3ccc(Br)cc3)CCC2)CC1. The number of carbonyl (C=O) groups is 1. The highest BCUT2D eigenvalue weighted by Crippen LogP contribution is 2.43. The minimum absolute atomic E-state index is 0.0240. The Bertz CT molecular complexity index is 489. The Balaban J connectivity index is 1.69. The Hall–Kier alpha value is -0.870. The molecule has 1 aromatic carbocycles. The molecular formula is C15H19BrN2O. The number of nitrogens with two attached hydrogens (primary N) is 1. The number of rotatable bonds is 4. The molecule has 0 aromatic heterocycles. The van der Waals surface area contributed by atoms with Gasteiger partial charge >= 0.3 is 0 Å². The summed E-state index contributed by atoms with van der Waals surface area (Å²) in [6.45, 7) is 0.715. The normalized spacial score (nSPS) is 22.4. The van der Waals surface area contributed by atoms with E-state index in [9.17, 15) is 4.79 Å². The average Bonchev–Trinajstić information content (AvgIpc) is 3.09. The molecule has 2 fully saturated rings. The molecule has 102 valence electrons. The second kappa shape index (κ2) is 4.60. The van der Waals surface area contributed by atoms with E-state index in [0.717, 1.165) is 30.2 Å². The van der Waals surface area contributed by atoms with Crippen LogP contribution in [0.2, 0.25) is 0 Å². The highest BCUT2D eigenvalue weighted by atomic mass is 79.9. The number of carbonyl (C=O) groups excluding carboxylic acids is 1. The lowest BCUT2D eigenvalue weighted by Gasteiger charge is -2.43.